The number of aromatic nitrogens is 2. The van der Waals surface area contributed by atoms with Crippen molar-refractivity contribution in [2.75, 3.05) is 20.8 Å². The fourth-order valence-corrected chi connectivity index (χ4v) is 3.63. The Balaban J connectivity index is 1.73. The highest BCUT2D eigenvalue weighted by Gasteiger charge is 2.23. The van der Waals surface area contributed by atoms with Crippen LogP contribution < -0.4 is 9.47 Å². The summed E-state index contributed by atoms with van der Waals surface area (Å²) < 4.78 is 42.3. The van der Waals surface area contributed by atoms with Crippen molar-refractivity contribution in [1.82, 2.24) is 14.4 Å². The molecule has 0 spiro atoms. The van der Waals surface area contributed by atoms with E-state index < -0.39 is 10.0 Å². The Hall–Kier alpha value is -2.91. The minimum absolute atomic E-state index is 0.0430. The Morgan fingerprint density at radius 1 is 1.04 bits per heavy atom. The summed E-state index contributed by atoms with van der Waals surface area (Å²) in [6, 6.07) is 13.4. The summed E-state index contributed by atoms with van der Waals surface area (Å²) in [6.07, 6.45) is 0. The van der Waals surface area contributed by atoms with Gasteiger partial charge in [0.05, 0.1) is 25.2 Å². The topological polar surface area (TPSA) is 94.8 Å². The van der Waals surface area contributed by atoms with Gasteiger partial charge in [-0.2, -0.15) is 9.29 Å². The molecule has 0 N–H and O–H groups in total. The number of hydrogen-bond acceptors (Lipinski definition) is 7. The third kappa shape index (κ3) is 4.32. The van der Waals surface area contributed by atoms with Crippen molar-refractivity contribution in [3.8, 4) is 22.9 Å². The summed E-state index contributed by atoms with van der Waals surface area (Å²) in [5.41, 5.74) is 0.743. The summed E-state index contributed by atoms with van der Waals surface area (Å²) in [5.74, 6) is 1.91. The van der Waals surface area contributed by atoms with Crippen LogP contribution in [0.4, 0.5) is 0 Å². The molecule has 0 aliphatic carbocycles. The van der Waals surface area contributed by atoms with Crippen molar-refractivity contribution in [3.05, 3.63) is 54.4 Å². The molecule has 0 unspecified atom stereocenters. The standard InChI is InChI=1S/C19H21N3O5S/c1-4-26-16-9-11-17(12-10-16)28(23,24)22(2)13-18-20-19(21-27-18)14-5-7-15(25-3)8-6-14/h5-12H,4,13H2,1-3H3. The molecule has 3 rings (SSSR count). The van der Waals surface area contributed by atoms with Gasteiger partial charge in [-0.3, -0.25) is 0 Å². The van der Waals surface area contributed by atoms with Gasteiger partial charge in [-0.05, 0) is 55.5 Å². The highest BCUT2D eigenvalue weighted by molar-refractivity contribution is 7.89. The third-order valence-electron chi connectivity index (χ3n) is 4.02. The smallest absolute Gasteiger partial charge is 0.243 e. The van der Waals surface area contributed by atoms with E-state index in [9.17, 15) is 8.42 Å². The second-order valence-electron chi connectivity index (χ2n) is 5.91. The van der Waals surface area contributed by atoms with Crippen LogP contribution in [0, 0.1) is 0 Å². The molecule has 148 valence electrons. The minimum atomic E-state index is -3.70. The molecule has 0 aliphatic rings. The number of rotatable bonds is 8. The lowest BCUT2D eigenvalue weighted by Crippen LogP contribution is -2.26. The van der Waals surface area contributed by atoms with Crippen molar-refractivity contribution < 1.29 is 22.4 Å². The number of nitrogens with zero attached hydrogens (tertiary/aromatic N) is 3. The maximum atomic E-state index is 12.7. The SMILES string of the molecule is CCOc1ccc(S(=O)(=O)N(C)Cc2nc(-c3ccc(OC)cc3)no2)cc1. The lowest BCUT2D eigenvalue weighted by atomic mass is 10.2. The maximum absolute atomic E-state index is 12.7. The van der Waals surface area contributed by atoms with Crippen LogP contribution in [0.3, 0.4) is 0 Å². The minimum Gasteiger partial charge on any atom is -0.497 e. The monoisotopic (exact) mass is 403 g/mol. The largest absolute Gasteiger partial charge is 0.497 e. The van der Waals surface area contributed by atoms with Gasteiger partial charge in [0, 0.05) is 12.6 Å². The molecule has 0 fully saturated rings. The highest BCUT2D eigenvalue weighted by atomic mass is 32.2. The van der Waals surface area contributed by atoms with Crippen molar-refractivity contribution in [1.29, 1.82) is 0 Å². The van der Waals surface area contributed by atoms with E-state index in [1.165, 1.54) is 19.2 Å². The van der Waals surface area contributed by atoms with E-state index in [0.29, 0.717) is 23.9 Å². The Labute approximate surface area is 163 Å². The molecule has 8 nitrogen and oxygen atoms in total. The lowest BCUT2D eigenvalue weighted by Gasteiger charge is -2.15. The molecular formula is C19H21N3O5S. The van der Waals surface area contributed by atoms with Crippen LogP contribution in [0.2, 0.25) is 0 Å². The molecule has 3 aromatic rings. The first-order valence-electron chi connectivity index (χ1n) is 8.60. The van der Waals surface area contributed by atoms with Gasteiger partial charge in [0.15, 0.2) is 0 Å². The normalized spacial score (nSPS) is 11.6. The number of ether oxygens (including phenoxy) is 2. The summed E-state index contributed by atoms with van der Waals surface area (Å²) in [4.78, 5) is 4.44. The zero-order valence-electron chi connectivity index (χ0n) is 15.8. The average Bonchev–Trinajstić information content (AvgIpc) is 3.17. The first kappa shape index (κ1) is 19.8. The molecule has 28 heavy (non-hydrogen) atoms. The van der Waals surface area contributed by atoms with Gasteiger partial charge in [-0.1, -0.05) is 5.16 Å². The molecule has 0 bridgehead atoms. The van der Waals surface area contributed by atoms with Crippen molar-refractivity contribution in [2.24, 2.45) is 0 Å². The number of sulfonamides is 1. The van der Waals surface area contributed by atoms with Gasteiger partial charge < -0.3 is 14.0 Å². The summed E-state index contributed by atoms with van der Waals surface area (Å²) in [6.45, 7) is 2.33. The number of hydrogen-bond donors (Lipinski definition) is 0. The molecule has 0 saturated carbocycles. The van der Waals surface area contributed by atoms with E-state index in [-0.39, 0.29) is 17.3 Å². The predicted molar refractivity (Wildman–Crippen MR) is 103 cm³/mol. The van der Waals surface area contributed by atoms with Gasteiger partial charge in [0.2, 0.25) is 21.7 Å². The maximum Gasteiger partial charge on any atom is 0.243 e. The van der Waals surface area contributed by atoms with Crippen LogP contribution in [-0.4, -0.2) is 43.6 Å². The predicted octanol–water partition coefficient (Wildman–Crippen LogP) is 2.96. The molecule has 0 radical (unpaired) electrons. The van der Waals surface area contributed by atoms with Crippen LogP contribution in [0.15, 0.2) is 57.9 Å². The molecule has 2 aromatic carbocycles. The van der Waals surface area contributed by atoms with Gasteiger partial charge in [0.1, 0.15) is 11.5 Å². The Bertz CT molecular complexity index is 1010. The first-order valence-corrected chi connectivity index (χ1v) is 10.0. The van der Waals surface area contributed by atoms with Crippen molar-refractivity contribution in [2.45, 2.75) is 18.4 Å². The molecule has 0 amide bonds. The first-order chi connectivity index (χ1) is 13.4. The van der Waals surface area contributed by atoms with Crippen LogP contribution in [0.5, 0.6) is 11.5 Å². The molecule has 0 aliphatic heterocycles. The van der Waals surface area contributed by atoms with Crippen LogP contribution >= 0.6 is 0 Å². The van der Waals surface area contributed by atoms with Crippen molar-refractivity contribution in [3.63, 3.8) is 0 Å². The van der Waals surface area contributed by atoms with Gasteiger partial charge in [-0.25, -0.2) is 8.42 Å². The zero-order valence-corrected chi connectivity index (χ0v) is 16.6. The molecule has 9 heteroatoms. The third-order valence-corrected chi connectivity index (χ3v) is 5.83. The van der Waals surface area contributed by atoms with E-state index in [4.69, 9.17) is 14.0 Å². The van der Waals surface area contributed by atoms with E-state index in [1.54, 1.807) is 43.5 Å². The van der Waals surface area contributed by atoms with Crippen LogP contribution in [-0.2, 0) is 16.6 Å². The Kier molecular flexibility index (Phi) is 5.96. The fraction of sp³-hybridized carbons (Fsp3) is 0.263. The molecule has 1 heterocycles. The van der Waals surface area contributed by atoms with Gasteiger partial charge in [-0.15, -0.1) is 0 Å². The zero-order chi connectivity index (χ0) is 20.1. The summed E-state index contributed by atoms with van der Waals surface area (Å²) >= 11 is 0. The second-order valence-corrected chi connectivity index (χ2v) is 7.95. The highest BCUT2D eigenvalue weighted by Crippen LogP contribution is 2.22. The van der Waals surface area contributed by atoms with E-state index in [0.717, 1.165) is 9.87 Å². The van der Waals surface area contributed by atoms with Gasteiger partial charge in [0.25, 0.3) is 0 Å². The Morgan fingerprint density at radius 3 is 2.29 bits per heavy atom. The molecular weight excluding hydrogens is 382 g/mol. The Morgan fingerprint density at radius 2 is 1.68 bits per heavy atom. The van der Waals surface area contributed by atoms with Gasteiger partial charge >= 0.3 is 0 Å². The number of methoxy groups -OCH3 is 1. The summed E-state index contributed by atoms with van der Waals surface area (Å²) in [7, 11) is -0.653. The molecule has 0 saturated heterocycles. The van der Waals surface area contributed by atoms with Crippen LogP contribution in [0.25, 0.3) is 11.4 Å². The van der Waals surface area contributed by atoms with Crippen molar-refractivity contribution >= 4 is 10.0 Å². The van der Waals surface area contributed by atoms with E-state index in [1.807, 2.05) is 6.92 Å². The lowest BCUT2D eigenvalue weighted by molar-refractivity contribution is 0.336. The van der Waals surface area contributed by atoms with E-state index in [2.05, 4.69) is 10.1 Å². The van der Waals surface area contributed by atoms with Crippen LogP contribution in [0.1, 0.15) is 12.8 Å². The van der Waals surface area contributed by atoms with E-state index >= 15 is 0 Å². The number of benzene rings is 2. The quantitative estimate of drug-likeness (QED) is 0.571. The fourth-order valence-electron chi connectivity index (χ4n) is 2.51. The average molecular weight is 403 g/mol. The second kappa shape index (κ2) is 8.41. The molecule has 1 aromatic heterocycles. The summed E-state index contributed by atoms with van der Waals surface area (Å²) in [5, 5.41) is 3.92. The molecule has 0 atom stereocenters.